The van der Waals surface area contributed by atoms with Crippen molar-refractivity contribution < 1.29 is 32.5 Å². The lowest BCUT2D eigenvalue weighted by atomic mass is 9.80. The molecular formula is C36H44N2O9PSSi+. The highest BCUT2D eigenvalue weighted by atomic mass is 32.7. The Morgan fingerprint density at radius 2 is 1.38 bits per heavy atom. The molecule has 0 amide bonds. The van der Waals surface area contributed by atoms with Crippen LogP contribution in [0.15, 0.2) is 101 Å². The number of ether oxygens (including phenoxy) is 4. The zero-order chi connectivity index (χ0) is 36.3. The van der Waals surface area contributed by atoms with Crippen molar-refractivity contribution in [1.82, 2.24) is 9.55 Å². The van der Waals surface area contributed by atoms with Crippen molar-refractivity contribution in [2.45, 2.75) is 69.0 Å². The van der Waals surface area contributed by atoms with Crippen molar-refractivity contribution in [3.05, 3.63) is 129 Å². The van der Waals surface area contributed by atoms with Crippen LogP contribution in [0.2, 0.25) is 18.1 Å². The molecule has 1 unspecified atom stereocenters. The van der Waals surface area contributed by atoms with Gasteiger partial charge in [0.15, 0.2) is 20.6 Å². The highest BCUT2D eigenvalue weighted by molar-refractivity contribution is 8.39. The molecule has 4 aromatic rings. The molecule has 5 rings (SSSR count). The summed E-state index contributed by atoms with van der Waals surface area (Å²) in [5, 5.41) is -0.235. The number of benzene rings is 3. The Kier molecular flexibility index (Phi) is 11.6. The van der Waals surface area contributed by atoms with Gasteiger partial charge in [-0.1, -0.05) is 75.4 Å². The minimum atomic E-state index is -2.56. The summed E-state index contributed by atoms with van der Waals surface area (Å²) in [6.45, 7) is 10.3. The molecule has 14 heteroatoms. The van der Waals surface area contributed by atoms with Gasteiger partial charge < -0.3 is 23.4 Å². The van der Waals surface area contributed by atoms with Crippen molar-refractivity contribution in [3.8, 4) is 11.5 Å². The average molecular weight is 740 g/mol. The molecule has 1 aliphatic heterocycles. The van der Waals surface area contributed by atoms with Gasteiger partial charge in [0.25, 0.3) is 5.56 Å². The molecule has 1 N–H and O–H groups in total. The highest BCUT2D eigenvalue weighted by Gasteiger charge is 2.55. The summed E-state index contributed by atoms with van der Waals surface area (Å²) in [7, 11) is -1.79. The van der Waals surface area contributed by atoms with E-state index in [4.69, 9.17) is 27.9 Å². The van der Waals surface area contributed by atoms with Crippen LogP contribution in [0.1, 0.15) is 43.7 Å². The standard InChI is InChI=1S/C36H43N2O9PSSi/c1-35(2,3)50(6,7)47-32-31(46-48(41)49)29(45-33(32)38-22-21-30(39)37-34(38)40)23-44-36(24-11-9-8-10-12-24,25-13-17-27(42-4)18-14-25)26-15-19-28(43-5)20-16-26/h8-22,29,31-33H,23H2,1-7H3,(H-,37,39,40,41,49)/p+1/t29-,31-,32-,33-/m1/s1. The second kappa shape index (κ2) is 15.4. The Morgan fingerprint density at radius 1 is 0.840 bits per heavy atom. The first-order valence-electron chi connectivity index (χ1n) is 16.2. The Labute approximate surface area is 299 Å². The summed E-state index contributed by atoms with van der Waals surface area (Å²) in [5.41, 5.74) is -0.00489. The van der Waals surface area contributed by atoms with Crippen LogP contribution in [0.5, 0.6) is 11.5 Å². The van der Waals surface area contributed by atoms with E-state index in [-0.39, 0.29) is 11.6 Å². The lowest BCUT2D eigenvalue weighted by Gasteiger charge is -2.40. The fraction of sp³-hybridized carbons (Fsp3) is 0.389. The second-order valence-electron chi connectivity index (χ2n) is 13.5. The summed E-state index contributed by atoms with van der Waals surface area (Å²) in [6, 6.07) is 26.2. The van der Waals surface area contributed by atoms with Crippen molar-refractivity contribution in [1.29, 1.82) is 0 Å². The Balaban J connectivity index is 1.65. The van der Waals surface area contributed by atoms with Gasteiger partial charge in [0.2, 0.25) is 0 Å². The van der Waals surface area contributed by atoms with E-state index in [1.807, 2.05) is 78.9 Å². The molecule has 0 bridgehead atoms. The molecule has 1 saturated heterocycles. The third-order valence-corrected chi connectivity index (χ3v) is 14.7. The number of rotatable bonds is 13. The number of H-pyrrole nitrogens is 1. The fourth-order valence-electron chi connectivity index (χ4n) is 5.85. The zero-order valence-electron chi connectivity index (χ0n) is 29.2. The molecule has 3 aromatic carbocycles. The monoisotopic (exact) mass is 739 g/mol. The van der Waals surface area contributed by atoms with E-state index < -0.39 is 56.9 Å². The highest BCUT2D eigenvalue weighted by Crippen LogP contribution is 2.47. The first kappa shape index (κ1) is 37.7. The molecule has 50 heavy (non-hydrogen) atoms. The Bertz CT molecular complexity index is 1830. The van der Waals surface area contributed by atoms with Gasteiger partial charge in [-0.05, 0) is 63.7 Å². The number of aromatic nitrogens is 2. The number of nitrogens with zero attached hydrogens (tertiary/aromatic N) is 1. The minimum absolute atomic E-state index is 0.0967. The van der Waals surface area contributed by atoms with Gasteiger partial charge in [-0.2, -0.15) is 0 Å². The van der Waals surface area contributed by atoms with E-state index in [2.05, 4.69) is 51.1 Å². The second-order valence-corrected chi connectivity index (χ2v) is 20.0. The maximum Gasteiger partial charge on any atom is 0.582 e. The Morgan fingerprint density at radius 3 is 1.86 bits per heavy atom. The van der Waals surface area contributed by atoms with Gasteiger partial charge in [-0.3, -0.25) is 14.3 Å². The van der Waals surface area contributed by atoms with Crippen LogP contribution >= 0.6 is 19.5 Å². The molecule has 1 aromatic heterocycles. The van der Waals surface area contributed by atoms with Gasteiger partial charge in [-0.25, -0.2) is 4.79 Å². The molecule has 0 radical (unpaired) electrons. The van der Waals surface area contributed by atoms with Crippen molar-refractivity contribution >= 4 is 27.8 Å². The number of hydrogen-bond acceptors (Lipinski definition) is 9. The Hall–Kier alpha value is -3.55. The normalized spacial score (nSPS) is 20.0. The third kappa shape index (κ3) is 7.84. The molecule has 266 valence electrons. The van der Waals surface area contributed by atoms with Crippen LogP contribution in [-0.4, -0.2) is 57.0 Å². The van der Waals surface area contributed by atoms with E-state index in [1.165, 1.54) is 16.8 Å². The predicted molar refractivity (Wildman–Crippen MR) is 197 cm³/mol. The predicted octanol–water partition coefficient (Wildman–Crippen LogP) is 6.82. The number of nitrogens with one attached hydrogen (secondary N) is 1. The van der Waals surface area contributed by atoms with Crippen molar-refractivity contribution in [2.24, 2.45) is 0 Å². The first-order chi connectivity index (χ1) is 23.7. The smallest absolute Gasteiger partial charge is 0.497 e. The molecule has 5 atom stereocenters. The molecule has 0 saturated carbocycles. The number of methoxy groups -OCH3 is 2. The van der Waals surface area contributed by atoms with Crippen LogP contribution < -0.4 is 20.7 Å². The SMILES string of the molecule is COc1ccc(C(OC[C@H]2O[C@@H](n3ccc(=O)[nH]c3=O)[C@H](O[Si](C)(C)C(C)(C)C)[C@@H]2O[P+](=O)S)(c2ccccc2)c2ccc(OC)cc2)cc1. The largest absolute Gasteiger partial charge is 0.582 e. The van der Waals surface area contributed by atoms with Gasteiger partial charge in [-0.15, -0.1) is 4.52 Å². The molecule has 0 spiro atoms. The molecule has 11 nitrogen and oxygen atoms in total. The molecule has 1 fully saturated rings. The number of hydrogen-bond donors (Lipinski definition) is 2. The summed E-state index contributed by atoms with van der Waals surface area (Å²) in [4.78, 5) is 27.5. The van der Waals surface area contributed by atoms with E-state index in [0.717, 1.165) is 16.7 Å². The number of thiol groups is 1. The lowest BCUT2D eigenvalue weighted by molar-refractivity contribution is -0.0932. The van der Waals surface area contributed by atoms with Crippen LogP contribution in [0.3, 0.4) is 0 Å². The zero-order valence-corrected chi connectivity index (χ0v) is 32.0. The average Bonchev–Trinajstić information content (AvgIpc) is 3.40. The third-order valence-electron chi connectivity index (χ3n) is 9.50. The van der Waals surface area contributed by atoms with Crippen molar-refractivity contribution in [3.63, 3.8) is 0 Å². The van der Waals surface area contributed by atoms with E-state index >= 15 is 0 Å². The minimum Gasteiger partial charge on any atom is -0.497 e. The topological polar surface area (TPSA) is 127 Å². The summed E-state index contributed by atoms with van der Waals surface area (Å²) in [6.07, 6.45) is -2.48. The van der Waals surface area contributed by atoms with Crippen LogP contribution in [0, 0.1) is 0 Å². The van der Waals surface area contributed by atoms with Crippen LogP contribution in [0.25, 0.3) is 0 Å². The van der Waals surface area contributed by atoms with Gasteiger partial charge in [0.1, 0.15) is 41.6 Å². The fourth-order valence-corrected chi connectivity index (χ4v) is 7.92. The molecule has 0 aliphatic carbocycles. The van der Waals surface area contributed by atoms with Crippen LogP contribution in [0.4, 0.5) is 0 Å². The molecule has 1 aliphatic rings. The van der Waals surface area contributed by atoms with E-state index in [0.29, 0.717) is 11.5 Å². The summed E-state index contributed by atoms with van der Waals surface area (Å²) < 4.78 is 51.5. The van der Waals surface area contributed by atoms with Gasteiger partial charge in [0, 0.05) is 12.3 Å². The maximum atomic E-state index is 13.2. The summed E-state index contributed by atoms with van der Waals surface area (Å²) >= 11 is 4.11. The molecular weight excluding hydrogens is 696 g/mol. The summed E-state index contributed by atoms with van der Waals surface area (Å²) in [5.74, 6) is 1.35. The molecule has 2 heterocycles. The first-order valence-corrected chi connectivity index (χ1v) is 21.4. The lowest BCUT2D eigenvalue weighted by Crippen LogP contribution is -2.50. The van der Waals surface area contributed by atoms with E-state index in [1.54, 1.807) is 14.2 Å². The maximum absolute atomic E-state index is 13.2. The van der Waals surface area contributed by atoms with Crippen LogP contribution in [-0.2, 0) is 28.6 Å². The quantitative estimate of drug-likeness (QED) is 0.0657. The van der Waals surface area contributed by atoms with E-state index in [9.17, 15) is 14.2 Å². The van der Waals surface area contributed by atoms with Crippen molar-refractivity contribution in [2.75, 3.05) is 20.8 Å². The number of aromatic amines is 1. The van der Waals surface area contributed by atoms with Gasteiger partial charge in [0.05, 0.1) is 20.8 Å². The van der Waals surface area contributed by atoms with Gasteiger partial charge >= 0.3 is 12.9 Å².